The molecule has 2 heterocycles. The van der Waals surface area contributed by atoms with Crippen molar-refractivity contribution in [2.24, 2.45) is 5.92 Å². The maximum Gasteiger partial charge on any atom is 0.255 e. The number of carbonyl (C=O) groups excluding carboxylic acids is 2. The van der Waals surface area contributed by atoms with E-state index in [2.05, 4.69) is 24.5 Å². The first-order chi connectivity index (χ1) is 12.5. The molecule has 2 N–H and O–H groups in total. The number of likely N-dealkylation sites (tertiary alicyclic amines) is 1. The molecule has 2 amide bonds. The van der Waals surface area contributed by atoms with Crippen LogP contribution in [0.25, 0.3) is 0 Å². The Morgan fingerprint density at radius 2 is 1.96 bits per heavy atom. The molecule has 5 heteroatoms. The highest BCUT2D eigenvalue weighted by molar-refractivity contribution is 6.03. The lowest BCUT2D eigenvalue weighted by Gasteiger charge is -2.46. The topological polar surface area (TPSA) is 61.4 Å². The Kier molecular flexibility index (Phi) is 5.54. The van der Waals surface area contributed by atoms with Gasteiger partial charge in [0, 0.05) is 37.5 Å². The zero-order chi connectivity index (χ0) is 18.7. The fraction of sp³-hybridized carbons (Fsp3) is 0.619. The predicted octanol–water partition coefficient (Wildman–Crippen LogP) is 3.69. The van der Waals surface area contributed by atoms with Gasteiger partial charge in [0.15, 0.2) is 0 Å². The second-order valence-corrected chi connectivity index (χ2v) is 7.73. The first-order valence-corrected chi connectivity index (χ1v) is 9.98. The van der Waals surface area contributed by atoms with Crippen molar-refractivity contribution in [3.8, 4) is 0 Å². The van der Waals surface area contributed by atoms with Crippen LogP contribution in [0.4, 0.5) is 5.69 Å². The third kappa shape index (κ3) is 3.57. The Morgan fingerprint density at radius 3 is 2.62 bits per heavy atom. The number of nitrogens with one attached hydrogen (secondary N) is 2. The molecule has 0 radical (unpaired) electrons. The minimum absolute atomic E-state index is 0.00833. The summed E-state index contributed by atoms with van der Waals surface area (Å²) in [5.74, 6) is 0.418. The van der Waals surface area contributed by atoms with E-state index in [0.29, 0.717) is 13.1 Å². The Bertz CT molecular complexity index is 678. The summed E-state index contributed by atoms with van der Waals surface area (Å²) in [6.07, 6.45) is 5.60. The number of rotatable bonds is 5. The van der Waals surface area contributed by atoms with Gasteiger partial charge in [0.05, 0.1) is 5.56 Å². The summed E-state index contributed by atoms with van der Waals surface area (Å²) < 4.78 is 0. The van der Waals surface area contributed by atoms with E-state index in [4.69, 9.17) is 0 Å². The number of anilines is 1. The van der Waals surface area contributed by atoms with Crippen LogP contribution < -0.4 is 10.6 Å². The standard InChI is InChI=1S/C21H31N3O2/c1-4-6-9-16(5-2)20(26)24-13-11-21(12-14-24)22-17-10-7-8-15(3)18(17)19(25)23-21/h7-8,10,16,22H,4-6,9,11-14H2,1-3H3,(H,23,25). The highest BCUT2D eigenvalue weighted by Crippen LogP contribution is 2.33. The summed E-state index contributed by atoms with van der Waals surface area (Å²) >= 11 is 0. The van der Waals surface area contributed by atoms with Crippen LogP contribution in [0, 0.1) is 12.8 Å². The van der Waals surface area contributed by atoms with Crippen molar-refractivity contribution in [1.82, 2.24) is 10.2 Å². The molecule has 2 aliphatic rings. The summed E-state index contributed by atoms with van der Waals surface area (Å²) in [5.41, 5.74) is 2.20. The van der Waals surface area contributed by atoms with E-state index in [1.54, 1.807) is 0 Å². The van der Waals surface area contributed by atoms with E-state index in [9.17, 15) is 9.59 Å². The summed E-state index contributed by atoms with van der Waals surface area (Å²) in [6.45, 7) is 7.61. The number of benzene rings is 1. The summed E-state index contributed by atoms with van der Waals surface area (Å²) in [4.78, 5) is 27.5. The molecular weight excluding hydrogens is 326 g/mol. The third-order valence-corrected chi connectivity index (χ3v) is 5.90. The number of carbonyl (C=O) groups is 2. The van der Waals surface area contributed by atoms with E-state index in [-0.39, 0.29) is 17.7 Å². The molecule has 0 aromatic heterocycles. The SMILES string of the molecule is CCCCC(CC)C(=O)N1CCC2(CC1)NC(=O)c1c(C)cccc1N2. The van der Waals surface area contributed by atoms with E-state index < -0.39 is 5.66 Å². The molecule has 0 aliphatic carbocycles. The average Bonchev–Trinajstić information content (AvgIpc) is 2.62. The van der Waals surface area contributed by atoms with Gasteiger partial charge in [-0.05, 0) is 31.4 Å². The Morgan fingerprint density at radius 1 is 1.23 bits per heavy atom. The van der Waals surface area contributed by atoms with Gasteiger partial charge in [-0.15, -0.1) is 0 Å². The number of aryl methyl sites for hydroxylation is 1. The Labute approximate surface area is 156 Å². The van der Waals surface area contributed by atoms with Crippen LogP contribution in [0.15, 0.2) is 18.2 Å². The quantitative estimate of drug-likeness (QED) is 0.845. The van der Waals surface area contributed by atoms with Crippen molar-refractivity contribution in [3.05, 3.63) is 29.3 Å². The fourth-order valence-electron chi connectivity index (χ4n) is 4.21. The monoisotopic (exact) mass is 357 g/mol. The zero-order valence-electron chi connectivity index (χ0n) is 16.2. The number of amides is 2. The normalized spacial score (nSPS) is 19.5. The molecule has 1 aromatic rings. The van der Waals surface area contributed by atoms with Crippen LogP contribution in [-0.4, -0.2) is 35.5 Å². The number of fused-ring (bicyclic) bond motifs is 1. The molecule has 142 valence electrons. The predicted molar refractivity (Wildman–Crippen MR) is 104 cm³/mol. The van der Waals surface area contributed by atoms with Crippen LogP contribution in [0.1, 0.15) is 68.3 Å². The van der Waals surface area contributed by atoms with Gasteiger partial charge in [-0.3, -0.25) is 9.59 Å². The molecule has 26 heavy (non-hydrogen) atoms. The second-order valence-electron chi connectivity index (χ2n) is 7.73. The van der Waals surface area contributed by atoms with Crippen molar-refractivity contribution in [2.45, 2.75) is 65.0 Å². The van der Waals surface area contributed by atoms with Gasteiger partial charge in [-0.2, -0.15) is 0 Å². The number of piperidine rings is 1. The molecule has 2 aliphatic heterocycles. The molecule has 1 saturated heterocycles. The van der Waals surface area contributed by atoms with Gasteiger partial charge in [-0.25, -0.2) is 0 Å². The van der Waals surface area contributed by atoms with Crippen LogP contribution >= 0.6 is 0 Å². The molecular formula is C21H31N3O2. The van der Waals surface area contributed by atoms with Crippen LogP contribution in [0.5, 0.6) is 0 Å². The molecule has 1 fully saturated rings. The van der Waals surface area contributed by atoms with Crippen molar-refractivity contribution in [1.29, 1.82) is 0 Å². The summed E-state index contributed by atoms with van der Waals surface area (Å²) in [5, 5.41) is 6.73. The molecule has 0 bridgehead atoms. The third-order valence-electron chi connectivity index (χ3n) is 5.90. The number of hydrogen-bond donors (Lipinski definition) is 2. The summed E-state index contributed by atoms with van der Waals surface area (Å²) in [6, 6.07) is 5.91. The van der Waals surface area contributed by atoms with Gasteiger partial charge in [0.2, 0.25) is 5.91 Å². The maximum atomic E-state index is 12.8. The molecule has 3 rings (SSSR count). The second kappa shape index (κ2) is 7.68. The first-order valence-electron chi connectivity index (χ1n) is 9.98. The van der Waals surface area contributed by atoms with E-state index in [1.165, 1.54) is 0 Å². The Hall–Kier alpha value is -2.04. The fourth-order valence-corrected chi connectivity index (χ4v) is 4.21. The van der Waals surface area contributed by atoms with Crippen LogP contribution in [0.3, 0.4) is 0 Å². The highest BCUT2D eigenvalue weighted by Gasteiger charge is 2.41. The van der Waals surface area contributed by atoms with Crippen molar-refractivity contribution in [2.75, 3.05) is 18.4 Å². The molecule has 1 aromatic carbocycles. The van der Waals surface area contributed by atoms with E-state index in [1.807, 2.05) is 30.0 Å². The molecule has 1 unspecified atom stereocenters. The van der Waals surface area contributed by atoms with Crippen molar-refractivity contribution in [3.63, 3.8) is 0 Å². The van der Waals surface area contributed by atoms with Crippen LogP contribution in [-0.2, 0) is 4.79 Å². The average molecular weight is 357 g/mol. The molecule has 0 saturated carbocycles. The lowest BCUT2D eigenvalue weighted by molar-refractivity contribution is -0.137. The number of hydrogen-bond acceptors (Lipinski definition) is 3. The van der Waals surface area contributed by atoms with E-state index >= 15 is 0 Å². The number of nitrogens with zero attached hydrogens (tertiary/aromatic N) is 1. The molecule has 5 nitrogen and oxygen atoms in total. The first kappa shape index (κ1) is 18.7. The molecule has 1 atom stereocenters. The van der Waals surface area contributed by atoms with Gasteiger partial charge >= 0.3 is 0 Å². The summed E-state index contributed by atoms with van der Waals surface area (Å²) in [7, 11) is 0. The zero-order valence-corrected chi connectivity index (χ0v) is 16.2. The maximum absolute atomic E-state index is 12.8. The van der Waals surface area contributed by atoms with Crippen molar-refractivity contribution < 1.29 is 9.59 Å². The number of unbranched alkanes of at least 4 members (excludes halogenated alkanes) is 1. The minimum Gasteiger partial charge on any atom is -0.362 e. The van der Waals surface area contributed by atoms with Crippen LogP contribution in [0.2, 0.25) is 0 Å². The highest BCUT2D eigenvalue weighted by atomic mass is 16.2. The lowest BCUT2D eigenvalue weighted by Crippen LogP contribution is -2.63. The Balaban J connectivity index is 1.67. The van der Waals surface area contributed by atoms with Gasteiger partial charge in [-0.1, -0.05) is 38.8 Å². The van der Waals surface area contributed by atoms with Crippen molar-refractivity contribution >= 4 is 17.5 Å². The molecule has 1 spiro atoms. The van der Waals surface area contributed by atoms with Gasteiger partial charge in [0.1, 0.15) is 5.66 Å². The van der Waals surface area contributed by atoms with Gasteiger partial charge < -0.3 is 15.5 Å². The smallest absolute Gasteiger partial charge is 0.255 e. The van der Waals surface area contributed by atoms with Gasteiger partial charge in [0.25, 0.3) is 5.91 Å². The minimum atomic E-state index is -0.431. The largest absolute Gasteiger partial charge is 0.362 e. The van der Waals surface area contributed by atoms with E-state index in [0.717, 1.165) is 55.3 Å². The lowest BCUT2D eigenvalue weighted by atomic mass is 9.90.